The molecule has 106 valence electrons. The lowest BCUT2D eigenvalue weighted by molar-refractivity contribution is 0.179. The average Bonchev–Trinajstić information content (AvgIpc) is 3.15. The van der Waals surface area contributed by atoms with Crippen LogP contribution in [0.5, 0.6) is 5.75 Å². The number of anilines is 1. The molecule has 1 N–H and O–H groups in total. The van der Waals surface area contributed by atoms with E-state index < -0.39 is 0 Å². The van der Waals surface area contributed by atoms with Gasteiger partial charge in [0.05, 0.1) is 18.8 Å². The number of hydrogen-bond donors (Lipinski definition) is 1. The van der Waals surface area contributed by atoms with E-state index in [1.807, 2.05) is 19.9 Å². The van der Waals surface area contributed by atoms with Gasteiger partial charge in [-0.1, -0.05) is 0 Å². The Kier molecular flexibility index (Phi) is 4.70. The first-order valence-electron chi connectivity index (χ1n) is 7.13. The highest BCUT2D eigenvalue weighted by Crippen LogP contribution is 2.35. The Balaban J connectivity index is 2.03. The topological polar surface area (TPSA) is 30.5 Å². The third-order valence-corrected chi connectivity index (χ3v) is 3.45. The Morgan fingerprint density at radius 3 is 2.58 bits per heavy atom. The average molecular weight is 263 g/mol. The molecule has 1 fully saturated rings. The summed E-state index contributed by atoms with van der Waals surface area (Å²) in [6.45, 7) is 6.98. The van der Waals surface area contributed by atoms with E-state index in [0.717, 1.165) is 18.3 Å². The first kappa shape index (κ1) is 14.2. The fourth-order valence-corrected chi connectivity index (χ4v) is 2.32. The van der Waals surface area contributed by atoms with Crippen molar-refractivity contribution < 1.29 is 9.47 Å². The van der Waals surface area contributed by atoms with E-state index in [0.29, 0.717) is 6.04 Å². The fraction of sp³-hybridized carbons (Fsp3) is 0.625. The van der Waals surface area contributed by atoms with Crippen molar-refractivity contribution in [3.8, 4) is 5.75 Å². The SMILES string of the molecule is COCC(Nc1ccc(OC(C)C)cc1C)C1CC1. The van der Waals surface area contributed by atoms with Crippen LogP contribution in [0.2, 0.25) is 0 Å². The summed E-state index contributed by atoms with van der Waals surface area (Å²) in [5.74, 6) is 1.71. The van der Waals surface area contributed by atoms with Crippen molar-refractivity contribution in [2.45, 2.75) is 45.8 Å². The predicted molar refractivity (Wildman–Crippen MR) is 79.0 cm³/mol. The maximum absolute atomic E-state index is 5.71. The van der Waals surface area contributed by atoms with E-state index in [2.05, 4.69) is 24.4 Å². The normalized spacial score (nSPS) is 16.5. The first-order valence-corrected chi connectivity index (χ1v) is 7.13. The molecule has 1 aliphatic rings. The summed E-state index contributed by atoms with van der Waals surface area (Å²) in [6.07, 6.45) is 2.84. The molecule has 1 unspecified atom stereocenters. The molecule has 0 heterocycles. The molecular weight excluding hydrogens is 238 g/mol. The Hall–Kier alpha value is -1.22. The summed E-state index contributed by atoms with van der Waals surface area (Å²) >= 11 is 0. The van der Waals surface area contributed by atoms with Gasteiger partial charge in [-0.25, -0.2) is 0 Å². The number of rotatable bonds is 7. The van der Waals surface area contributed by atoms with E-state index in [1.165, 1.54) is 24.1 Å². The molecule has 0 radical (unpaired) electrons. The van der Waals surface area contributed by atoms with Gasteiger partial charge in [-0.15, -0.1) is 0 Å². The molecule has 1 aromatic rings. The van der Waals surface area contributed by atoms with E-state index in [1.54, 1.807) is 7.11 Å². The highest BCUT2D eigenvalue weighted by molar-refractivity contribution is 5.54. The van der Waals surface area contributed by atoms with Gasteiger partial charge in [0.2, 0.25) is 0 Å². The minimum atomic E-state index is 0.214. The minimum absolute atomic E-state index is 0.214. The number of hydrogen-bond acceptors (Lipinski definition) is 3. The molecule has 1 aromatic carbocycles. The second-order valence-electron chi connectivity index (χ2n) is 5.69. The third-order valence-electron chi connectivity index (χ3n) is 3.45. The summed E-state index contributed by atoms with van der Waals surface area (Å²) in [5, 5.41) is 3.61. The van der Waals surface area contributed by atoms with Gasteiger partial charge in [0.1, 0.15) is 5.75 Å². The van der Waals surface area contributed by atoms with Crippen molar-refractivity contribution in [2.75, 3.05) is 19.0 Å². The van der Waals surface area contributed by atoms with E-state index >= 15 is 0 Å². The maximum Gasteiger partial charge on any atom is 0.120 e. The Morgan fingerprint density at radius 2 is 2.05 bits per heavy atom. The number of benzene rings is 1. The summed E-state index contributed by atoms with van der Waals surface area (Å²) in [5.41, 5.74) is 2.41. The van der Waals surface area contributed by atoms with Gasteiger partial charge in [-0.3, -0.25) is 0 Å². The van der Waals surface area contributed by atoms with Gasteiger partial charge < -0.3 is 14.8 Å². The predicted octanol–water partition coefficient (Wildman–Crippen LogP) is 3.62. The van der Waals surface area contributed by atoms with Crippen LogP contribution < -0.4 is 10.1 Å². The van der Waals surface area contributed by atoms with Gasteiger partial charge in [-0.2, -0.15) is 0 Å². The van der Waals surface area contributed by atoms with Gasteiger partial charge in [-0.05, 0) is 63.3 Å². The summed E-state index contributed by atoms with van der Waals surface area (Å²) in [6, 6.07) is 6.67. The van der Waals surface area contributed by atoms with Crippen molar-refractivity contribution in [3.05, 3.63) is 23.8 Å². The van der Waals surface area contributed by atoms with Crippen LogP contribution in [0.1, 0.15) is 32.3 Å². The van der Waals surface area contributed by atoms with Crippen LogP contribution in [-0.2, 0) is 4.74 Å². The van der Waals surface area contributed by atoms with E-state index in [9.17, 15) is 0 Å². The van der Waals surface area contributed by atoms with Crippen molar-refractivity contribution in [1.29, 1.82) is 0 Å². The molecule has 1 aliphatic carbocycles. The molecule has 19 heavy (non-hydrogen) atoms. The van der Waals surface area contributed by atoms with Crippen LogP contribution in [-0.4, -0.2) is 25.9 Å². The lowest BCUT2D eigenvalue weighted by Gasteiger charge is -2.21. The molecule has 1 saturated carbocycles. The zero-order valence-corrected chi connectivity index (χ0v) is 12.4. The quantitative estimate of drug-likeness (QED) is 0.815. The molecule has 0 aromatic heterocycles. The van der Waals surface area contributed by atoms with Gasteiger partial charge >= 0.3 is 0 Å². The van der Waals surface area contributed by atoms with Gasteiger partial charge in [0.25, 0.3) is 0 Å². The van der Waals surface area contributed by atoms with Crippen LogP contribution in [0.25, 0.3) is 0 Å². The number of ether oxygens (including phenoxy) is 2. The number of methoxy groups -OCH3 is 1. The smallest absolute Gasteiger partial charge is 0.120 e. The Morgan fingerprint density at radius 1 is 1.32 bits per heavy atom. The first-order chi connectivity index (χ1) is 9.10. The fourth-order valence-electron chi connectivity index (χ4n) is 2.32. The van der Waals surface area contributed by atoms with Crippen LogP contribution in [0.4, 0.5) is 5.69 Å². The zero-order valence-electron chi connectivity index (χ0n) is 12.4. The highest BCUT2D eigenvalue weighted by atomic mass is 16.5. The van der Waals surface area contributed by atoms with Crippen molar-refractivity contribution in [1.82, 2.24) is 0 Å². The summed E-state index contributed by atoms with van der Waals surface area (Å²) < 4.78 is 11.0. The zero-order chi connectivity index (χ0) is 13.8. The molecule has 3 heteroatoms. The summed E-state index contributed by atoms with van der Waals surface area (Å²) in [4.78, 5) is 0. The van der Waals surface area contributed by atoms with Gasteiger partial charge in [0.15, 0.2) is 0 Å². The van der Waals surface area contributed by atoms with Crippen LogP contribution in [0.3, 0.4) is 0 Å². The Labute approximate surface area is 116 Å². The van der Waals surface area contributed by atoms with Crippen LogP contribution >= 0.6 is 0 Å². The largest absolute Gasteiger partial charge is 0.491 e. The number of nitrogens with one attached hydrogen (secondary N) is 1. The lowest BCUT2D eigenvalue weighted by atomic mass is 10.1. The Bertz CT molecular complexity index is 413. The van der Waals surface area contributed by atoms with Crippen LogP contribution in [0, 0.1) is 12.8 Å². The molecule has 3 nitrogen and oxygen atoms in total. The highest BCUT2D eigenvalue weighted by Gasteiger charge is 2.31. The third kappa shape index (κ3) is 4.13. The van der Waals surface area contributed by atoms with E-state index in [4.69, 9.17) is 9.47 Å². The molecule has 2 rings (SSSR count). The monoisotopic (exact) mass is 263 g/mol. The molecule has 0 saturated heterocycles. The number of aryl methyl sites for hydroxylation is 1. The van der Waals surface area contributed by atoms with Crippen LogP contribution in [0.15, 0.2) is 18.2 Å². The summed E-state index contributed by atoms with van der Waals surface area (Å²) in [7, 11) is 1.77. The molecule has 0 bridgehead atoms. The van der Waals surface area contributed by atoms with Crippen molar-refractivity contribution >= 4 is 5.69 Å². The molecule has 0 amide bonds. The molecule has 0 aliphatic heterocycles. The minimum Gasteiger partial charge on any atom is -0.491 e. The molecular formula is C16H25NO2. The van der Waals surface area contributed by atoms with Gasteiger partial charge in [0, 0.05) is 12.8 Å². The van der Waals surface area contributed by atoms with Crippen molar-refractivity contribution in [3.63, 3.8) is 0 Å². The second kappa shape index (κ2) is 6.29. The van der Waals surface area contributed by atoms with E-state index in [-0.39, 0.29) is 6.10 Å². The maximum atomic E-state index is 5.71. The molecule has 0 spiro atoms. The second-order valence-corrected chi connectivity index (χ2v) is 5.69. The standard InChI is InChI=1S/C16H25NO2/c1-11(2)19-14-7-8-15(12(3)9-14)17-16(10-18-4)13-5-6-13/h7-9,11,13,16-17H,5-6,10H2,1-4H3. The van der Waals surface area contributed by atoms with Crippen molar-refractivity contribution in [2.24, 2.45) is 5.92 Å². The molecule has 1 atom stereocenters. The lowest BCUT2D eigenvalue weighted by Crippen LogP contribution is -2.27.